The largest absolute Gasteiger partial charge is 0.573 e. The van der Waals surface area contributed by atoms with Crippen LogP contribution in [-0.2, 0) is 16.0 Å². The topological polar surface area (TPSA) is 89.7 Å². The number of amidine groups is 1. The van der Waals surface area contributed by atoms with Gasteiger partial charge in [-0.3, -0.25) is 14.5 Å². The molecule has 0 aliphatic carbocycles. The van der Waals surface area contributed by atoms with Crippen LogP contribution in [0.4, 0.5) is 18.9 Å². The fraction of sp³-hybridized carbons (Fsp3) is 0.343. The molecule has 8 nitrogen and oxygen atoms in total. The van der Waals surface area contributed by atoms with E-state index in [1.54, 1.807) is 4.90 Å². The first-order valence-electron chi connectivity index (χ1n) is 15.2. The zero-order valence-electron chi connectivity index (χ0n) is 26.8. The van der Waals surface area contributed by atoms with Gasteiger partial charge in [-0.15, -0.1) is 18.3 Å². The number of hydrogen-bond acceptors (Lipinski definition) is 6. The molecule has 3 aromatic carbocycles. The smallest absolute Gasteiger partial charge is 0.406 e. The van der Waals surface area contributed by atoms with Crippen LogP contribution >= 0.6 is 11.8 Å². The lowest BCUT2D eigenvalue weighted by atomic mass is 9.81. The maximum atomic E-state index is 13.0. The van der Waals surface area contributed by atoms with Gasteiger partial charge in [-0.1, -0.05) is 75.9 Å². The van der Waals surface area contributed by atoms with Crippen molar-refractivity contribution in [3.8, 4) is 22.8 Å². The van der Waals surface area contributed by atoms with Crippen molar-refractivity contribution < 1.29 is 27.5 Å². The SMILES string of the molecule is Cc1ccc(C(C)C)c(N2C(=O)CSC2=NC(=O)CCC(C)(C)Cc2ccc(-c3ncn(-c4ccc(OC(F)(F)F)cc4)n3)cc2)c1. The summed E-state index contributed by atoms with van der Waals surface area (Å²) in [6.45, 7) is 10.4. The van der Waals surface area contributed by atoms with Gasteiger partial charge in [0.25, 0.3) is 0 Å². The maximum Gasteiger partial charge on any atom is 0.573 e. The summed E-state index contributed by atoms with van der Waals surface area (Å²) in [6.07, 6.45) is -1.66. The number of hydrogen-bond donors (Lipinski definition) is 0. The molecule has 1 aliphatic heterocycles. The molecule has 0 atom stereocenters. The Kier molecular flexibility index (Phi) is 9.90. The highest BCUT2D eigenvalue weighted by Gasteiger charge is 2.33. The third-order valence-electron chi connectivity index (χ3n) is 7.77. The van der Waals surface area contributed by atoms with E-state index in [2.05, 4.69) is 47.5 Å². The highest BCUT2D eigenvalue weighted by molar-refractivity contribution is 8.15. The minimum atomic E-state index is -4.75. The highest BCUT2D eigenvalue weighted by Crippen LogP contribution is 2.35. The number of rotatable bonds is 10. The second-order valence-electron chi connectivity index (χ2n) is 12.6. The summed E-state index contributed by atoms with van der Waals surface area (Å²) in [4.78, 5) is 36.2. The van der Waals surface area contributed by atoms with E-state index < -0.39 is 6.36 Å². The van der Waals surface area contributed by atoms with Gasteiger partial charge in [0, 0.05) is 12.0 Å². The van der Waals surface area contributed by atoms with Crippen molar-refractivity contribution in [1.82, 2.24) is 14.8 Å². The quantitative estimate of drug-likeness (QED) is 0.170. The molecule has 1 aromatic heterocycles. The molecule has 47 heavy (non-hydrogen) atoms. The van der Waals surface area contributed by atoms with Crippen molar-refractivity contribution in [2.75, 3.05) is 10.7 Å². The predicted octanol–water partition coefficient (Wildman–Crippen LogP) is 8.28. The standard InChI is InChI=1S/C35H36F3N5O3S/c1-22(2)28-15-6-23(3)18-29(28)43-31(45)20-47-33(43)40-30(44)16-17-34(4,5)19-24-7-9-25(10-8-24)32-39-21-42(41-32)26-11-13-27(14-12-26)46-35(36,37)38/h6-15,18,21-22H,16-17,19-20H2,1-5H3. The van der Waals surface area contributed by atoms with Gasteiger partial charge in [-0.2, -0.15) is 4.99 Å². The van der Waals surface area contributed by atoms with Crippen LogP contribution in [0.3, 0.4) is 0 Å². The summed E-state index contributed by atoms with van der Waals surface area (Å²) in [5.74, 6) is 0.294. The molecule has 5 rings (SSSR count). The third-order valence-corrected chi connectivity index (χ3v) is 8.70. The average molecular weight is 664 g/mol. The first-order valence-corrected chi connectivity index (χ1v) is 16.2. The van der Waals surface area contributed by atoms with E-state index >= 15 is 0 Å². The first-order chi connectivity index (χ1) is 22.2. The van der Waals surface area contributed by atoms with Crippen molar-refractivity contribution in [2.45, 2.75) is 66.2 Å². The molecule has 4 aromatic rings. The summed E-state index contributed by atoms with van der Waals surface area (Å²) in [5.41, 5.74) is 5.08. The molecule has 0 N–H and O–H groups in total. The van der Waals surface area contributed by atoms with E-state index in [0.29, 0.717) is 23.1 Å². The van der Waals surface area contributed by atoms with Gasteiger partial charge in [0.2, 0.25) is 11.8 Å². The third kappa shape index (κ3) is 8.68. The van der Waals surface area contributed by atoms with Gasteiger partial charge in [0.05, 0.1) is 17.1 Å². The summed E-state index contributed by atoms with van der Waals surface area (Å²) in [6, 6.07) is 19.3. The summed E-state index contributed by atoms with van der Waals surface area (Å²) in [7, 11) is 0. The number of aliphatic imine (C=N–C) groups is 1. The van der Waals surface area contributed by atoms with Crippen LogP contribution in [-0.4, -0.2) is 43.9 Å². The van der Waals surface area contributed by atoms with Crippen LogP contribution in [0, 0.1) is 12.3 Å². The van der Waals surface area contributed by atoms with Gasteiger partial charge >= 0.3 is 6.36 Å². The number of anilines is 1. The van der Waals surface area contributed by atoms with Crippen LogP contribution in [0.15, 0.2) is 78.0 Å². The molecule has 12 heteroatoms. The van der Waals surface area contributed by atoms with Gasteiger partial charge in [0.1, 0.15) is 12.1 Å². The van der Waals surface area contributed by atoms with Crippen molar-refractivity contribution in [3.63, 3.8) is 0 Å². The van der Waals surface area contributed by atoms with E-state index in [4.69, 9.17) is 0 Å². The molecule has 0 saturated carbocycles. The average Bonchev–Trinajstić information content (AvgIpc) is 3.63. The van der Waals surface area contributed by atoms with Crippen molar-refractivity contribution >= 4 is 34.4 Å². The van der Waals surface area contributed by atoms with E-state index in [-0.39, 0.29) is 41.1 Å². The molecule has 0 unspecified atom stereocenters. The number of carbonyl (C=O) groups is 2. The number of alkyl halides is 3. The van der Waals surface area contributed by atoms with E-state index in [0.717, 1.165) is 34.4 Å². The van der Waals surface area contributed by atoms with Gasteiger partial charge in [-0.05, 0) is 78.1 Å². The Morgan fingerprint density at radius 2 is 1.74 bits per heavy atom. The normalized spacial score (nSPS) is 14.8. The van der Waals surface area contributed by atoms with E-state index in [1.165, 1.54) is 47.0 Å². The van der Waals surface area contributed by atoms with Gasteiger partial charge in [0.15, 0.2) is 11.0 Å². The molecule has 1 fully saturated rings. The number of amides is 2. The lowest BCUT2D eigenvalue weighted by Crippen LogP contribution is -2.31. The van der Waals surface area contributed by atoms with Crippen LogP contribution in [0.1, 0.15) is 63.1 Å². The molecule has 0 spiro atoms. The van der Waals surface area contributed by atoms with Crippen molar-refractivity contribution in [2.24, 2.45) is 10.4 Å². The number of aromatic nitrogens is 3. The van der Waals surface area contributed by atoms with Crippen LogP contribution in [0.25, 0.3) is 17.1 Å². The Hall–Kier alpha value is -4.45. The van der Waals surface area contributed by atoms with Crippen molar-refractivity contribution in [1.29, 1.82) is 0 Å². The Bertz CT molecular complexity index is 1780. The number of halogens is 3. The minimum Gasteiger partial charge on any atom is -0.406 e. The summed E-state index contributed by atoms with van der Waals surface area (Å²) >= 11 is 1.30. The minimum absolute atomic E-state index is 0.0755. The molecule has 246 valence electrons. The first kappa shape index (κ1) is 33.9. The lowest BCUT2D eigenvalue weighted by Gasteiger charge is -2.24. The zero-order chi connectivity index (χ0) is 33.9. The Morgan fingerprint density at radius 1 is 1.04 bits per heavy atom. The summed E-state index contributed by atoms with van der Waals surface area (Å²) < 4.78 is 42.7. The number of carbonyl (C=O) groups excluding carboxylic acids is 2. The molecular formula is C35H36F3N5O3S. The number of aryl methyl sites for hydroxylation is 1. The Labute approximate surface area is 276 Å². The lowest BCUT2D eigenvalue weighted by molar-refractivity contribution is -0.274. The van der Waals surface area contributed by atoms with Gasteiger partial charge in [-0.25, -0.2) is 9.67 Å². The highest BCUT2D eigenvalue weighted by atomic mass is 32.2. The van der Waals surface area contributed by atoms with Crippen LogP contribution < -0.4 is 9.64 Å². The molecule has 0 bridgehead atoms. The molecular weight excluding hydrogens is 627 g/mol. The second-order valence-corrected chi connectivity index (χ2v) is 13.6. The van der Waals surface area contributed by atoms with Gasteiger partial charge < -0.3 is 4.74 Å². The zero-order valence-corrected chi connectivity index (χ0v) is 27.7. The fourth-order valence-corrected chi connectivity index (χ4v) is 6.24. The Morgan fingerprint density at radius 3 is 2.40 bits per heavy atom. The predicted molar refractivity (Wildman–Crippen MR) is 178 cm³/mol. The van der Waals surface area contributed by atoms with E-state index in [1.807, 2.05) is 49.4 Å². The molecule has 1 saturated heterocycles. The summed E-state index contributed by atoms with van der Waals surface area (Å²) in [5, 5.41) is 4.90. The number of benzene rings is 3. The maximum absolute atomic E-state index is 13.0. The van der Waals surface area contributed by atoms with Crippen molar-refractivity contribution in [3.05, 3.63) is 89.7 Å². The monoisotopic (exact) mass is 663 g/mol. The fourth-order valence-electron chi connectivity index (χ4n) is 5.36. The van der Waals surface area contributed by atoms with Crippen LogP contribution in [0.5, 0.6) is 5.75 Å². The number of nitrogens with zero attached hydrogens (tertiary/aromatic N) is 5. The second kappa shape index (κ2) is 13.7. The Balaban J connectivity index is 1.19. The number of ether oxygens (including phenoxy) is 1. The number of thioether (sulfide) groups is 1. The molecule has 1 aliphatic rings. The van der Waals surface area contributed by atoms with Crippen LogP contribution in [0.2, 0.25) is 0 Å². The van der Waals surface area contributed by atoms with E-state index in [9.17, 15) is 22.8 Å². The molecule has 0 radical (unpaired) electrons. The molecule has 2 amide bonds. The molecule has 2 heterocycles.